The van der Waals surface area contributed by atoms with Gasteiger partial charge in [-0.3, -0.25) is 9.59 Å². The molecule has 0 saturated carbocycles. The molecule has 9 nitrogen and oxygen atoms in total. The van der Waals surface area contributed by atoms with E-state index in [4.69, 9.17) is 9.47 Å². The molecule has 270 valence electrons. The van der Waals surface area contributed by atoms with Crippen LogP contribution >= 0.6 is 11.8 Å². The van der Waals surface area contributed by atoms with Crippen LogP contribution in [-0.4, -0.2) is 70.6 Å². The number of thioether (sulfide) groups is 1. The van der Waals surface area contributed by atoms with Crippen LogP contribution in [-0.2, 0) is 30.3 Å². The molecule has 0 aliphatic carbocycles. The number of carbonyl (C=O) groups excluding carboxylic acids is 4. The number of esters is 1. The highest BCUT2D eigenvalue weighted by molar-refractivity contribution is 7.98. The van der Waals surface area contributed by atoms with Crippen molar-refractivity contribution in [3.8, 4) is 0 Å². The van der Waals surface area contributed by atoms with Gasteiger partial charge in [-0.15, -0.1) is 0 Å². The van der Waals surface area contributed by atoms with Crippen LogP contribution in [0.15, 0.2) is 61.2 Å². The first-order valence-electron chi connectivity index (χ1n) is 17.2. The van der Waals surface area contributed by atoms with Crippen molar-refractivity contribution in [2.24, 2.45) is 0 Å². The minimum Gasteiger partial charge on any atom is -0.458 e. The van der Waals surface area contributed by atoms with Gasteiger partial charge >= 0.3 is 12.1 Å². The lowest BCUT2D eigenvalue weighted by Gasteiger charge is -2.35. The Labute approximate surface area is 298 Å². The Morgan fingerprint density at radius 1 is 0.878 bits per heavy atom. The molecule has 2 aromatic rings. The van der Waals surface area contributed by atoms with E-state index < -0.39 is 53.2 Å². The second kappa shape index (κ2) is 20.0. The third-order valence-corrected chi connectivity index (χ3v) is 8.09. The molecule has 0 fully saturated rings. The normalized spacial score (nSPS) is 13.4. The summed E-state index contributed by atoms with van der Waals surface area (Å²) in [6.07, 6.45) is 6.88. The highest BCUT2D eigenvalue weighted by Crippen LogP contribution is 2.26. The summed E-state index contributed by atoms with van der Waals surface area (Å²) in [5, 5.41) is 5.75. The largest absolute Gasteiger partial charge is 0.458 e. The van der Waals surface area contributed by atoms with Gasteiger partial charge in [-0.25, -0.2) is 9.59 Å². The Balaban J connectivity index is 2.66. The van der Waals surface area contributed by atoms with Crippen molar-refractivity contribution < 1.29 is 28.7 Å². The van der Waals surface area contributed by atoms with Gasteiger partial charge in [0.15, 0.2) is 0 Å². The number of hydrogen-bond acceptors (Lipinski definition) is 7. The first kappa shape index (κ1) is 41.4. The predicted octanol–water partition coefficient (Wildman–Crippen LogP) is 7.50. The van der Waals surface area contributed by atoms with E-state index in [0.29, 0.717) is 24.2 Å². The lowest BCUT2D eigenvalue weighted by Crippen LogP contribution is -2.55. The number of unbranched alkanes of at least 4 members (excludes halogenated alkanes) is 3. The van der Waals surface area contributed by atoms with Crippen LogP contribution in [0.3, 0.4) is 0 Å². The van der Waals surface area contributed by atoms with Gasteiger partial charge in [-0.1, -0.05) is 87.4 Å². The lowest BCUT2D eigenvalue weighted by molar-refractivity contribution is -0.159. The van der Waals surface area contributed by atoms with E-state index in [9.17, 15) is 19.2 Å². The molecule has 2 N–H and O–H groups in total. The number of carbonyl (C=O) groups is 4. The number of hydrogen-bond donors (Lipinski definition) is 2. The summed E-state index contributed by atoms with van der Waals surface area (Å²) in [5.41, 5.74) is 0.623. The van der Waals surface area contributed by atoms with Crippen LogP contribution in [0.5, 0.6) is 0 Å². The summed E-state index contributed by atoms with van der Waals surface area (Å²) in [5.74, 6) is -0.917. The van der Waals surface area contributed by atoms with Gasteiger partial charge < -0.3 is 25.0 Å². The number of amides is 3. The van der Waals surface area contributed by atoms with E-state index in [1.165, 1.54) is 0 Å². The monoisotopic (exact) mass is 695 g/mol. The number of alkyl carbamates (subject to hydrolysis) is 1. The fraction of sp³-hybridized carbons (Fsp3) is 0.538. The Hall–Kier alpha value is -3.79. The molecular weight excluding hydrogens is 639 g/mol. The Morgan fingerprint density at radius 2 is 1.55 bits per heavy atom. The maximum absolute atomic E-state index is 14.6. The van der Waals surface area contributed by atoms with Gasteiger partial charge in [0.25, 0.3) is 0 Å². The van der Waals surface area contributed by atoms with E-state index in [1.54, 1.807) is 70.3 Å². The van der Waals surface area contributed by atoms with Crippen LogP contribution in [0, 0.1) is 0 Å². The molecule has 3 unspecified atom stereocenters. The zero-order chi connectivity index (χ0) is 36.6. The van der Waals surface area contributed by atoms with Crippen LogP contribution in [0.2, 0.25) is 0 Å². The summed E-state index contributed by atoms with van der Waals surface area (Å²) in [4.78, 5) is 57.4. The predicted molar refractivity (Wildman–Crippen MR) is 199 cm³/mol. The van der Waals surface area contributed by atoms with Gasteiger partial charge in [-0.05, 0) is 89.1 Å². The van der Waals surface area contributed by atoms with E-state index in [0.717, 1.165) is 30.4 Å². The number of ether oxygens (including phenoxy) is 2. The smallest absolute Gasteiger partial charge is 0.408 e. The summed E-state index contributed by atoms with van der Waals surface area (Å²) in [6.45, 7) is 16.9. The topological polar surface area (TPSA) is 114 Å². The van der Waals surface area contributed by atoms with E-state index in [1.807, 2.05) is 54.8 Å². The standard InChI is InChI=1S/C39H57N3O6S/c1-10-12-13-17-24-42(35(44)31(23-25-49-9)41-37(46)48-39(6,7)8)33(30-22-18-21-28(11-2)26-30)34(43)40-32(36(45)47-38(3,4)5)27-29-19-15-14-16-20-29/h11,14-16,18-22,26,31-33H,2,10,12-13,17,23-25,27H2,1,3-9H3,(H,40,43)(H,41,46). The molecule has 10 heteroatoms. The Bertz CT molecular complexity index is 1370. The highest BCUT2D eigenvalue weighted by atomic mass is 32.2. The molecule has 0 aliphatic heterocycles. The number of nitrogens with zero attached hydrogens (tertiary/aromatic N) is 1. The summed E-state index contributed by atoms with van der Waals surface area (Å²) >= 11 is 1.55. The van der Waals surface area contributed by atoms with Crippen molar-refractivity contribution in [1.29, 1.82) is 0 Å². The van der Waals surface area contributed by atoms with Gasteiger partial charge in [0.1, 0.15) is 29.3 Å². The minimum absolute atomic E-state index is 0.196. The Kier molecular flexibility index (Phi) is 16.9. The van der Waals surface area contributed by atoms with E-state index in [2.05, 4.69) is 24.1 Å². The van der Waals surface area contributed by atoms with Crippen molar-refractivity contribution in [2.45, 2.75) is 116 Å². The maximum atomic E-state index is 14.6. The van der Waals surface area contributed by atoms with Gasteiger partial charge in [0.2, 0.25) is 11.8 Å². The molecular formula is C39H57N3O6S. The fourth-order valence-electron chi connectivity index (χ4n) is 5.21. The van der Waals surface area contributed by atoms with Gasteiger partial charge in [0, 0.05) is 13.0 Å². The van der Waals surface area contributed by atoms with Gasteiger partial charge in [0.05, 0.1) is 0 Å². The molecule has 3 atom stereocenters. The first-order valence-corrected chi connectivity index (χ1v) is 18.6. The lowest BCUT2D eigenvalue weighted by atomic mass is 9.98. The molecule has 0 spiro atoms. The second-order valence-corrected chi connectivity index (χ2v) is 15.1. The van der Waals surface area contributed by atoms with Crippen molar-refractivity contribution >= 4 is 41.7 Å². The minimum atomic E-state index is -1.12. The Morgan fingerprint density at radius 3 is 2.14 bits per heavy atom. The third kappa shape index (κ3) is 15.1. The summed E-state index contributed by atoms with van der Waals surface area (Å²) in [7, 11) is 0. The van der Waals surface area contributed by atoms with Crippen LogP contribution in [0.1, 0.15) is 103 Å². The van der Waals surface area contributed by atoms with Crippen molar-refractivity contribution in [3.05, 3.63) is 77.9 Å². The summed E-state index contributed by atoms with van der Waals surface area (Å²) < 4.78 is 11.3. The molecule has 0 saturated heterocycles. The van der Waals surface area contributed by atoms with Crippen LogP contribution in [0.4, 0.5) is 4.79 Å². The van der Waals surface area contributed by atoms with E-state index in [-0.39, 0.29) is 13.0 Å². The molecule has 0 aliphatic rings. The third-order valence-electron chi connectivity index (χ3n) is 7.45. The quantitative estimate of drug-likeness (QED) is 0.123. The zero-order valence-electron chi connectivity index (χ0n) is 30.7. The fourth-order valence-corrected chi connectivity index (χ4v) is 5.69. The van der Waals surface area contributed by atoms with Crippen LogP contribution < -0.4 is 10.6 Å². The molecule has 0 radical (unpaired) electrons. The summed E-state index contributed by atoms with van der Waals surface area (Å²) in [6, 6.07) is 13.6. The molecule has 0 bridgehead atoms. The second-order valence-electron chi connectivity index (χ2n) is 14.1. The van der Waals surface area contributed by atoms with Gasteiger partial charge in [-0.2, -0.15) is 11.8 Å². The van der Waals surface area contributed by atoms with Crippen molar-refractivity contribution in [3.63, 3.8) is 0 Å². The SMILES string of the molecule is C=Cc1cccc(C(C(=O)NC(Cc2ccccc2)C(=O)OC(C)(C)C)N(CCCCCC)C(=O)C(CCSC)NC(=O)OC(C)(C)C)c1. The number of nitrogens with one attached hydrogen (secondary N) is 2. The number of rotatable bonds is 18. The van der Waals surface area contributed by atoms with Crippen LogP contribution in [0.25, 0.3) is 6.08 Å². The average Bonchev–Trinajstić information content (AvgIpc) is 3.02. The number of benzene rings is 2. The first-order chi connectivity index (χ1) is 23.1. The molecule has 0 aromatic heterocycles. The average molecular weight is 696 g/mol. The highest BCUT2D eigenvalue weighted by Gasteiger charge is 2.38. The molecule has 0 heterocycles. The van der Waals surface area contributed by atoms with E-state index >= 15 is 0 Å². The van der Waals surface area contributed by atoms with Crippen molar-refractivity contribution in [1.82, 2.24) is 15.5 Å². The van der Waals surface area contributed by atoms with Crippen molar-refractivity contribution in [2.75, 3.05) is 18.6 Å². The molecule has 3 amide bonds. The zero-order valence-corrected chi connectivity index (χ0v) is 31.5. The molecule has 2 rings (SSSR count). The molecule has 49 heavy (non-hydrogen) atoms. The molecule has 2 aromatic carbocycles. The maximum Gasteiger partial charge on any atom is 0.408 e.